The van der Waals surface area contributed by atoms with Crippen molar-refractivity contribution < 1.29 is 13.6 Å². The van der Waals surface area contributed by atoms with Crippen LogP contribution in [0.1, 0.15) is 28.4 Å². The van der Waals surface area contributed by atoms with Crippen molar-refractivity contribution in [2.24, 2.45) is 5.73 Å². The maximum atomic E-state index is 14.8. The lowest BCUT2D eigenvalue weighted by Crippen LogP contribution is -2.26. The molecule has 1 heterocycles. The number of amides is 1. The second-order valence-corrected chi connectivity index (χ2v) is 7.06. The van der Waals surface area contributed by atoms with Crippen LogP contribution in [-0.4, -0.2) is 38.0 Å². The van der Waals surface area contributed by atoms with Crippen LogP contribution in [0.4, 0.5) is 14.5 Å². The minimum atomic E-state index is -0.648. The summed E-state index contributed by atoms with van der Waals surface area (Å²) >= 11 is 0. The van der Waals surface area contributed by atoms with Crippen molar-refractivity contribution in [2.45, 2.75) is 12.5 Å². The van der Waals surface area contributed by atoms with E-state index in [1.807, 2.05) is 6.08 Å². The number of rotatable bonds is 4. The van der Waals surface area contributed by atoms with Crippen molar-refractivity contribution in [3.05, 3.63) is 64.7 Å². The highest BCUT2D eigenvalue weighted by atomic mass is 19.1. The predicted molar refractivity (Wildman–Crippen MR) is 107 cm³/mol. The highest BCUT2D eigenvalue weighted by Crippen LogP contribution is 2.36. The SMILES string of the molecule is CN(C)C(=O)c1ccc(-c2cc(F)cc(C(N)C3=CCNCC3)c2N)c(F)c1. The van der Waals surface area contributed by atoms with Gasteiger partial charge in [0.25, 0.3) is 5.91 Å². The molecule has 0 radical (unpaired) electrons. The van der Waals surface area contributed by atoms with Gasteiger partial charge in [0.05, 0.1) is 6.04 Å². The monoisotopic (exact) mass is 386 g/mol. The van der Waals surface area contributed by atoms with Gasteiger partial charge in [0.1, 0.15) is 11.6 Å². The van der Waals surface area contributed by atoms with Crippen LogP contribution in [0.25, 0.3) is 11.1 Å². The molecule has 2 aromatic carbocycles. The van der Waals surface area contributed by atoms with Gasteiger partial charge in [-0.15, -0.1) is 0 Å². The molecule has 1 atom stereocenters. The fourth-order valence-electron chi connectivity index (χ4n) is 3.37. The summed E-state index contributed by atoms with van der Waals surface area (Å²) in [4.78, 5) is 13.4. The predicted octanol–water partition coefficient (Wildman–Crippen LogP) is 2.84. The van der Waals surface area contributed by atoms with Crippen molar-refractivity contribution >= 4 is 11.6 Å². The number of nitrogens with zero attached hydrogens (tertiary/aromatic N) is 1. The Hall–Kier alpha value is -2.77. The zero-order valence-electron chi connectivity index (χ0n) is 15.9. The molecule has 148 valence electrons. The number of hydrogen-bond donors (Lipinski definition) is 3. The van der Waals surface area contributed by atoms with Crippen LogP contribution in [0.15, 0.2) is 42.0 Å². The smallest absolute Gasteiger partial charge is 0.253 e. The zero-order valence-corrected chi connectivity index (χ0v) is 15.9. The summed E-state index contributed by atoms with van der Waals surface area (Å²) in [6.07, 6.45) is 2.71. The Morgan fingerprint density at radius 1 is 1.18 bits per heavy atom. The number of hydrogen-bond acceptors (Lipinski definition) is 4. The van der Waals surface area contributed by atoms with Crippen LogP contribution in [0.2, 0.25) is 0 Å². The summed E-state index contributed by atoms with van der Waals surface area (Å²) in [6, 6.07) is 6.00. The van der Waals surface area contributed by atoms with E-state index in [2.05, 4.69) is 5.32 Å². The second-order valence-electron chi connectivity index (χ2n) is 7.06. The van der Waals surface area contributed by atoms with Crippen molar-refractivity contribution in [3.8, 4) is 11.1 Å². The third-order valence-electron chi connectivity index (χ3n) is 4.92. The quantitative estimate of drug-likeness (QED) is 0.557. The van der Waals surface area contributed by atoms with Gasteiger partial charge in [-0.1, -0.05) is 17.7 Å². The van der Waals surface area contributed by atoms with Crippen molar-refractivity contribution in [3.63, 3.8) is 0 Å². The van der Waals surface area contributed by atoms with Crippen LogP contribution >= 0.6 is 0 Å². The molecule has 28 heavy (non-hydrogen) atoms. The minimum Gasteiger partial charge on any atom is -0.398 e. The van der Waals surface area contributed by atoms with E-state index in [4.69, 9.17) is 11.5 Å². The number of carbonyl (C=O) groups excluding carboxylic acids is 1. The lowest BCUT2D eigenvalue weighted by atomic mass is 9.90. The number of nitrogens with one attached hydrogen (secondary N) is 1. The fraction of sp³-hybridized carbons (Fsp3) is 0.286. The van der Waals surface area contributed by atoms with Gasteiger partial charge in [-0.25, -0.2) is 8.78 Å². The van der Waals surface area contributed by atoms with Gasteiger partial charge in [0, 0.05) is 43.0 Å². The largest absolute Gasteiger partial charge is 0.398 e. The number of anilines is 1. The molecular formula is C21H24F2N4O. The lowest BCUT2D eigenvalue weighted by molar-refractivity contribution is 0.0827. The maximum absolute atomic E-state index is 14.8. The third-order valence-corrected chi connectivity index (χ3v) is 4.92. The summed E-state index contributed by atoms with van der Waals surface area (Å²) in [6.45, 7) is 1.48. The van der Waals surface area contributed by atoms with Crippen LogP contribution in [0.3, 0.4) is 0 Å². The van der Waals surface area contributed by atoms with Gasteiger partial charge in [0.15, 0.2) is 0 Å². The Balaban J connectivity index is 2.04. The molecule has 3 rings (SSSR count). The zero-order chi connectivity index (χ0) is 20.4. The van der Waals surface area contributed by atoms with E-state index in [0.717, 1.165) is 24.6 Å². The first-order valence-electron chi connectivity index (χ1n) is 9.05. The molecule has 0 spiro atoms. The Bertz CT molecular complexity index is 940. The molecule has 1 aliphatic heterocycles. The Morgan fingerprint density at radius 2 is 1.93 bits per heavy atom. The topological polar surface area (TPSA) is 84.4 Å². The van der Waals surface area contributed by atoms with E-state index >= 15 is 0 Å². The van der Waals surface area contributed by atoms with Gasteiger partial charge >= 0.3 is 0 Å². The first-order chi connectivity index (χ1) is 13.3. The van der Waals surface area contributed by atoms with Gasteiger partial charge < -0.3 is 21.7 Å². The van der Waals surface area contributed by atoms with Crippen LogP contribution in [0, 0.1) is 11.6 Å². The van der Waals surface area contributed by atoms with Crippen molar-refractivity contribution in [2.75, 3.05) is 32.9 Å². The standard InChI is InChI=1S/C21H24F2N4O/c1-27(2)21(28)13-3-4-15(18(23)9-13)16-10-14(22)11-17(20(16)25)19(24)12-5-7-26-8-6-12/h3-5,9-11,19,26H,6-8,24-25H2,1-2H3. The average molecular weight is 386 g/mol. The first-order valence-corrected chi connectivity index (χ1v) is 9.05. The van der Waals surface area contributed by atoms with Gasteiger partial charge in [-0.05, 0) is 42.8 Å². The number of nitrogens with two attached hydrogens (primary N) is 2. The Morgan fingerprint density at radius 3 is 2.54 bits per heavy atom. The molecule has 0 bridgehead atoms. The van der Waals surface area contributed by atoms with Crippen LogP contribution in [0.5, 0.6) is 0 Å². The van der Waals surface area contributed by atoms with E-state index in [1.54, 1.807) is 14.1 Å². The summed E-state index contributed by atoms with van der Waals surface area (Å²) in [7, 11) is 3.17. The summed E-state index contributed by atoms with van der Waals surface area (Å²) in [5.41, 5.74) is 14.8. The number of benzene rings is 2. The summed E-state index contributed by atoms with van der Waals surface area (Å²) in [5.74, 6) is -1.51. The van der Waals surface area contributed by atoms with Crippen LogP contribution in [-0.2, 0) is 0 Å². The Kier molecular flexibility index (Phi) is 5.76. The molecule has 0 aromatic heterocycles. The fourth-order valence-corrected chi connectivity index (χ4v) is 3.37. The first kappa shape index (κ1) is 20.0. The molecule has 0 saturated carbocycles. The van der Waals surface area contributed by atoms with Gasteiger partial charge in [0.2, 0.25) is 0 Å². The maximum Gasteiger partial charge on any atom is 0.253 e. The average Bonchev–Trinajstić information content (AvgIpc) is 2.69. The molecule has 2 aromatic rings. The highest BCUT2D eigenvalue weighted by Gasteiger charge is 2.21. The molecule has 1 unspecified atom stereocenters. The Labute approximate surface area is 163 Å². The summed E-state index contributed by atoms with van der Waals surface area (Å²) in [5, 5.41) is 3.20. The highest BCUT2D eigenvalue weighted by molar-refractivity contribution is 5.94. The van der Waals surface area contributed by atoms with Crippen molar-refractivity contribution in [1.29, 1.82) is 0 Å². The molecule has 0 saturated heterocycles. The van der Waals surface area contributed by atoms with E-state index in [-0.39, 0.29) is 28.3 Å². The van der Waals surface area contributed by atoms with E-state index in [1.165, 1.54) is 29.2 Å². The number of halogens is 2. The normalized spacial score (nSPS) is 15.1. The number of carbonyl (C=O) groups is 1. The van der Waals surface area contributed by atoms with Gasteiger partial charge in [-0.3, -0.25) is 4.79 Å². The lowest BCUT2D eigenvalue weighted by Gasteiger charge is -2.23. The molecular weight excluding hydrogens is 362 g/mol. The molecule has 0 aliphatic carbocycles. The third kappa shape index (κ3) is 3.90. The molecule has 5 N–H and O–H groups in total. The molecule has 7 heteroatoms. The molecule has 1 amide bonds. The van der Waals surface area contributed by atoms with Gasteiger partial charge in [-0.2, -0.15) is 0 Å². The van der Waals surface area contributed by atoms with E-state index < -0.39 is 17.7 Å². The number of nitrogen functional groups attached to an aromatic ring is 1. The van der Waals surface area contributed by atoms with Crippen molar-refractivity contribution in [1.82, 2.24) is 10.2 Å². The molecule has 1 aliphatic rings. The van der Waals surface area contributed by atoms with E-state index in [0.29, 0.717) is 12.1 Å². The summed E-state index contributed by atoms with van der Waals surface area (Å²) < 4.78 is 29.1. The second kappa shape index (κ2) is 8.08. The molecule has 5 nitrogen and oxygen atoms in total. The van der Waals surface area contributed by atoms with E-state index in [9.17, 15) is 13.6 Å². The molecule has 0 fully saturated rings. The van der Waals surface area contributed by atoms with Crippen LogP contribution < -0.4 is 16.8 Å². The minimum absolute atomic E-state index is 0.125.